The van der Waals surface area contributed by atoms with Crippen LogP contribution < -0.4 is 4.72 Å². The number of nitrogens with one attached hydrogen (secondary N) is 1. The molecule has 0 radical (unpaired) electrons. The van der Waals surface area contributed by atoms with Crippen molar-refractivity contribution in [3.05, 3.63) is 83.9 Å². The van der Waals surface area contributed by atoms with Crippen LogP contribution >= 0.6 is 11.3 Å². The molecule has 1 N–H and O–H groups in total. The van der Waals surface area contributed by atoms with E-state index in [0.717, 1.165) is 27.5 Å². The molecule has 0 saturated heterocycles. The van der Waals surface area contributed by atoms with Crippen LogP contribution in [0.25, 0.3) is 22.0 Å². The number of hydrogen-bond donors (Lipinski definition) is 1. The number of aryl methyl sites for hydroxylation is 1. The summed E-state index contributed by atoms with van der Waals surface area (Å²) in [5.74, 6) is 0. The van der Waals surface area contributed by atoms with E-state index >= 15 is 0 Å². The van der Waals surface area contributed by atoms with Gasteiger partial charge < -0.3 is 0 Å². The Kier molecular flexibility index (Phi) is 4.93. The monoisotopic (exact) mass is 407 g/mol. The fourth-order valence-corrected chi connectivity index (χ4v) is 4.64. The molecule has 0 aliphatic heterocycles. The third-order valence-electron chi connectivity index (χ3n) is 4.16. The number of para-hydroxylation sites is 1. The zero-order chi connectivity index (χ0) is 19.6. The van der Waals surface area contributed by atoms with Gasteiger partial charge in [-0.2, -0.15) is 0 Å². The second-order valence-electron chi connectivity index (χ2n) is 6.22. The Balaban J connectivity index is 1.68. The van der Waals surface area contributed by atoms with Crippen LogP contribution in [0.4, 0.5) is 5.69 Å². The molecule has 4 aromatic rings. The minimum Gasteiger partial charge on any atom is -0.279 e. The molecular formula is C21H17N3O2S2. The van der Waals surface area contributed by atoms with Gasteiger partial charge in [-0.15, -0.1) is 11.3 Å². The minimum atomic E-state index is -3.69. The van der Waals surface area contributed by atoms with E-state index in [-0.39, 0.29) is 4.90 Å². The highest BCUT2D eigenvalue weighted by Gasteiger charge is 2.18. The summed E-state index contributed by atoms with van der Waals surface area (Å²) in [6.07, 6.45) is 1.72. The Morgan fingerprint density at radius 2 is 1.64 bits per heavy atom. The van der Waals surface area contributed by atoms with Crippen LogP contribution in [0.1, 0.15) is 5.56 Å². The van der Waals surface area contributed by atoms with Gasteiger partial charge in [0.2, 0.25) is 0 Å². The maximum atomic E-state index is 12.8. The van der Waals surface area contributed by atoms with Crippen LogP contribution in [0.5, 0.6) is 0 Å². The number of aromatic nitrogens is 2. The molecule has 0 atom stereocenters. The van der Waals surface area contributed by atoms with E-state index in [9.17, 15) is 8.42 Å². The van der Waals surface area contributed by atoms with Gasteiger partial charge >= 0.3 is 0 Å². The first-order chi connectivity index (χ1) is 13.5. The van der Waals surface area contributed by atoms with Gasteiger partial charge in [-0.3, -0.25) is 9.71 Å². The second kappa shape index (κ2) is 7.53. The quantitative estimate of drug-likeness (QED) is 0.506. The van der Waals surface area contributed by atoms with Crippen molar-refractivity contribution in [1.82, 2.24) is 9.97 Å². The molecule has 140 valence electrons. The van der Waals surface area contributed by atoms with E-state index in [1.165, 1.54) is 11.3 Å². The maximum absolute atomic E-state index is 12.8. The predicted octanol–water partition coefficient (Wildman–Crippen LogP) is 4.98. The molecule has 7 heteroatoms. The zero-order valence-corrected chi connectivity index (χ0v) is 16.7. The molecule has 0 aliphatic carbocycles. The number of hydrogen-bond acceptors (Lipinski definition) is 5. The Labute approximate surface area is 167 Å². The van der Waals surface area contributed by atoms with E-state index in [1.807, 2.05) is 42.6 Å². The fraction of sp³-hybridized carbons (Fsp3) is 0.0476. The van der Waals surface area contributed by atoms with E-state index < -0.39 is 10.0 Å². The molecule has 28 heavy (non-hydrogen) atoms. The molecule has 2 aromatic heterocycles. The number of nitrogens with zero attached hydrogens (tertiary/aromatic N) is 2. The summed E-state index contributed by atoms with van der Waals surface area (Å²) in [6.45, 7) is 1.92. The van der Waals surface area contributed by atoms with Gasteiger partial charge in [-0.1, -0.05) is 35.9 Å². The van der Waals surface area contributed by atoms with Crippen LogP contribution in [0.2, 0.25) is 0 Å². The number of anilines is 1. The Morgan fingerprint density at radius 1 is 0.893 bits per heavy atom. The summed E-state index contributed by atoms with van der Waals surface area (Å²) in [5.41, 5.74) is 3.76. The fourth-order valence-electron chi connectivity index (χ4n) is 2.71. The van der Waals surface area contributed by atoms with Crippen LogP contribution in [-0.2, 0) is 10.0 Å². The first-order valence-corrected chi connectivity index (χ1v) is 10.9. The number of pyridine rings is 1. The number of thiazole rings is 1. The van der Waals surface area contributed by atoms with Gasteiger partial charge in [0.25, 0.3) is 10.0 Å². The van der Waals surface area contributed by atoms with Crippen molar-refractivity contribution >= 4 is 27.0 Å². The zero-order valence-electron chi connectivity index (χ0n) is 15.0. The Hall–Kier alpha value is -3.03. The van der Waals surface area contributed by atoms with Gasteiger partial charge in [0.05, 0.1) is 16.3 Å². The molecule has 4 rings (SSSR count). The molecule has 0 unspecified atom stereocenters. The third kappa shape index (κ3) is 3.81. The van der Waals surface area contributed by atoms with Gasteiger partial charge in [0.1, 0.15) is 10.7 Å². The Bertz CT molecular complexity index is 1200. The summed E-state index contributed by atoms with van der Waals surface area (Å²) < 4.78 is 28.3. The molecule has 5 nitrogen and oxygen atoms in total. The lowest BCUT2D eigenvalue weighted by Gasteiger charge is -2.11. The molecule has 2 aromatic carbocycles. The van der Waals surface area contributed by atoms with E-state index in [1.54, 1.807) is 42.6 Å². The van der Waals surface area contributed by atoms with Crippen molar-refractivity contribution in [2.75, 3.05) is 4.72 Å². The normalized spacial score (nSPS) is 11.3. The van der Waals surface area contributed by atoms with E-state index in [4.69, 9.17) is 0 Å². The minimum absolute atomic E-state index is 0.223. The summed E-state index contributed by atoms with van der Waals surface area (Å²) in [7, 11) is -3.69. The molecule has 0 fully saturated rings. The average molecular weight is 408 g/mol. The highest BCUT2D eigenvalue weighted by molar-refractivity contribution is 7.92. The highest BCUT2D eigenvalue weighted by Crippen LogP contribution is 2.33. The van der Waals surface area contributed by atoms with Crippen LogP contribution in [0.3, 0.4) is 0 Å². The summed E-state index contributed by atoms with van der Waals surface area (Å²) in [4.78, 5) is 9.19. The predicted molar refractivity (Wildman–Crippen MR) is 113 cm³/mol. The lowest BCUT2D eigenvalue weighted by Crippen LogP contribution is -2.13. The van der Waals surface area contributed by atoms with Crippen molar-refractivity contribution in [2.24, 2.45) is 0 Å². The van der Waals surface area contributed by atoms with E-state index in [0.29, 0.717) is 5.69 Å². The second-order valence-corrected chi connectivity index (χ2v) is 8.76. The molecule has 0 bridgehead atoms. The van der Waals surface area contributed by atoms with Crippen molar-refractivity contribution in [3.63, 3.8) is 0 Å². The topological polar surface area (TPSA) is 72.0 Å². The molecule has 0 amide bonds. The number of rotatable bonds is 5. The number of sulfonamides is 1. The SMILES string of the molecule is Cc1ccc(S(=O)(=O)Nc2ccccc2-c2nc(-c3ccccn3)cs2)cc1. The summed E-state index contributed by atoms with van der Waals surface area (Å²) in [5, 5.41) is 2.64. The van der Waals surface area contributed by atoms with Crippen molar-refractivity contribution in [2.45, 2.75) is 11.8 Å². The molecular weight excluding hydrogens is 390 g/mol. The molecule has 2 heterocycles. The van der Waals surface area contributed by atoms with Gasteiger partial charge in [-0.25, -0.2) is 13.4 Å². The van der Waals surface area contributed by atoms with Crippen molar-refractivity contribution in [3.8, 4) is 22.0 Å². The first kappa shape index (κ1) is 18.3. The molecule has 0 aliphatic rings. The number of benzene rings is 2. The summed E-state index contributed by atoms with van der Waals surface area (Å²) >= 11 is 1.45. The van der Waals surface area contributed by atoms with Gasteiger partial charge in [-0.05, 0) is 43.3 Å². The Morgan fingerprint density at radius 3 is 2.39 bits per heavy atom. The summed E-state index contributed by atoms with van der Waals surface area (Å²) in [6, 6.07) is 19.7. The first-order valence-electron chi connectivity index (χ1n) is 8.59. The van der Waals surface area contributed by atoms with Crippen molar-refractivity contribution < 1.29 is 8.42 Å². The van der Waals surface area contributed by atoms with E-state index in [2.05, 4.69) is 14.7 Å². The molecule has 0 spiro atoms. The van der Waals surface area contributed by atoms with Crippen LogP contribution in [0.15, 0.2) is 83.2 Å². The third-order valence-corrected chi connectivity index (χ3v) is 6.42. The van der Waals surface area contributed by atoms with Crippen LogP contribution in [0, 0.1) is 6.92 Å². The maximum Gasteiger partial charge on any atom is 0.261 e. The van der Waals surface area contributed by atoms with Crippen molar-refractivity contribution in [1.29, 1.82) is 0 Å². The smallest absolute Gasteiger partial charge is 0.261 e. The molecule has 0 saturated carbocycles. The average Bonchev–Trinajstić information content (AvgIpc) is 3.19. The largest absolute Gasteiger partial charge is 0.279 e. The van der Waals surface area contributed by atoms with Gasteiger partial charge in [0.15, 0.2) is 0 Å². The highest BCUT2D eigenvalue weighted by atomic mass is 32.2. The lowest BCUT2D eigenvalue weighted by molar-refractivity contribution is 0.601. The lowest BCUT2D eigenvalue weighted by atomic mass is 10.2. The van der Waals surface area contributed by atoms with Gasteiger partial charge in [0, 0.05) is 17.1 Å². The van der Waals surface area contributed by atoms with Crippen LogP contribution in [-0.4, -0.2) is 18.4 Å². The standard InChI is InChI=1S/C21H17N3O2S2/c1-15-9-11-16(12-10-15)28(25,26)24-18-7-3-2-6-17(18)21-23-20(14-27-21)19-8-4-5-13-22-19/h2-14,24H,1H3.